The van der Waals surface area contributed by atoms with Crippen molar-refractivity contribution in [2.45, 2.75) is 44.2 Å². The number of aromatic hydroxyl groups is 2. The summed E-state index contributed by atoms with van der Waals surface area (Å²) in [6, 6.07) is 3.95. The summed E-state index contributed by atoms with van der Waals surface area (Å²) < 4.78 is 0. The fourth-order valence-corrected chi connectivity index (χ4v) is 2.71. The van der Waals surface area contributed by atoms with E-state index < -0.39 is 12.1 Å². The Balaban J connectivity index is 2.09. The first-order valence-electron chi connectivity index (χ1n) is 6.55. The van der Waals surface area contributed by atoms with Crippen LogP contribution in [0.15, 0.2) is 18.2 Å². The zero-order chi connectivity index (χ0) is 13.1. The smallest absolute Gasteiger partial charge is 0.157 e. The molecule has 0 bridgehead atoms. The van der Waals surface area contributed by atoms with Gasteiger partial charge in [-0.15, -0.1) is 0 Å². The molecular weight excluding hydrogens is 230 g/mol. The molecule has 0 aromatic heterocycles. The minimum atomic E-state index is -0.589. The third-order valence-electron chi connectivity index (χ3n) is 3.89. The second kappa shape index (κ2) is 5.59. The van der Waals surface area contributed by atoms with Crippen LogP contribution < -0.4 is 5.73 Å². The SMILES string of the molecule is N[C@H](c1ccc(O)c(O)c1)[C@@H](O)C1CCCCC1. The third-order valence-corrected chi connectivity index (χ3v) is 3.89. The van der Waals surface area contributed by atoms with Crippen LogP contribution >= 0.6 is 0 Å². The van der Waals surface area contributed by atoms with Gasteiger partial charge in [0.05, 0.1) is 12.1 Å². The van der Waals surface area contributed by atoms with Gasteiger partial charge in [-0.3, -0.25) is 0 Å². The molecule has 18 heavy (non-hydrogen) atoms. The first-order valence-corrected chi connectivity index (χ1v) is 6.55. The van der Waals surface area contributed by atoms with Crippen LogP contribution in [0.1, 0.15) is 43.7 Å². The largest absolute Gasteiger partial charge is 0.504 e. The van der Waals surface area contributed by atoms with E-state index in [0.29, 0.717) is 5.56 Å². The Bertz CT molecular complexity index is 402. The van der Waals surface area contributed by atoms with E-state index >= 15 is 0 Å². The average molecular weight is 251 g/mol. The van der Waals surface area contributed by atoms with Crippen molar-refractivity contribution in [2.75, 3.05) is 0 Å². The van der Waals surface area contributed by atoms with E-state index in [1.165, 1.54) is 18.6 Å². The second-order valence-electron chi connectivity index (χ2n) is 5.16. The molecule has 1 aromatic rings. The standard InChI is InChI=1S/C14H21NO3/c15-13(10-6-7-11(16)12(17)8-10)14(18)9-4-2-1-3-5-9/h6-9,13-14,16-18H,1-5,15H2/t13-,14+/m1/s1. The number of phenols is 2. The van der Waals surface area contributed by atoms with Crippen molar-refractivity contribution in [1.29, 1.82) is 0 Å². The number of phenolic OH excluding ortho intramolecular Hbond substituents is 2. The predicted molar refractivity (Wildman–Crippen MR) is 69.3 cm³/mol. The molecule has 2 atom stereocenters. The highest BCUT2D eigenvalue weighted by Crippen LogP contribution is 2.33. The van der Waals surface area contributed by atoms with Crippen molar-refractivity contribution in [3.05, 3.63) is 23.8 Å². The Morgan fingerprint density at radius 3 is 2.33 bits per heavy atom. The van der Waals surface area contributed by atoms with E-state index in [1.807, 2.05) is 0 Å². The van der Waals surface area contributed by atoms with Crippen LogP contribution in [0.25, 0.3) is 0 Å². The molecule has 0 spiro atoms. The lowest BCUT2D eigenvalue weighted by Crippen LogP contribution is -2.34. The normalized spacial score (nSPS) is 20.6. The van der Waals surface area contributed by atoms with E-state index in [9.17, 15) is 15.3 Å². The zero-order valence-electron chi connectivity index (χ0n) is 10.4. The molecule has 4 nitrogen and oxygen atoms in total. The Labute approximate surface area is 107 Å². The highest BCUT2D eigenvalue weighted by molar-refractivity contribution is 5.41. The molecule has 5 N–H and O–H groups in total. The fourth-order valence-electron chi connectivity index (χ4n) is 2.71. The lowest BCUT2D eigenvalue weighted by Gasteiger charge is -2.30. The van der Waals surface area contributed by atoms with E-state index in [2.05, 4.69) is 0 Å². The maximum Gasteiger partial charge on any atom is 0.157 e. The molecule has 0 heterocycles. The highest BCUT2D eigenvalue weighted by atomic mass is 16.3. The van der Waals surface area contributed by atoms with Crippen LogP contribution in [-0.2, 0) is 0 Å². The minimum Gasteiger partial charge on any atom is -0.504 e. The first kappa shape index (κ1) is 13.2. The summed E-state index contributed by atoms with van der Waals surface area (Å²) in [5.74, 6) is -0.124. The monoisotopic (exact) mass is 251 g/mol. The number of rotatable bonds is 3. The molecule has 2 rings (SSSR count). The van der Waals surface area contributed by atoms with Gasteiger partial charge in [-0.1, -0.05) is 25.3 Å². The molecule has 0 aliphatic heterocycles. The Morgan fingerprint density at radius 1 is 1.06 bits per heavy atom. The van der Waals surface area contributed by atoms with Crippen molar-refractivity contribution < 1.29 is 15.3 Å². The number of benzene rings is 1. The summed E-state index contributed by atoms with van der Waals surface area (Å²) in [7, 11) is 0. The van der Waals surface area contributed by atoms with E-state index in [0.717, 1.165) is 25.7 Å². The summed E-state index contributed by atoms with van der Waals surface area (Å²) in [6.07, 6.45) is 4.97. The summed E-state index contributed by atoms with van der Waals surface area (Å²) in [4.78, 5) is 0. The molecule has 1 aliphatic carbocycles. The summed E-state index contributed by atoms with van der Waals surface area (Å²) >= 11 is 0. The Kier molecular flexibility index (Phi) is 4.09. The van der Waals surface area contributed by atoms with Gasteiger partial charge < -0.3 is 21.1 Å². The van der Waals surface area contributed by atoms with Gasteiger partial charge in [0.25, 0.3) is 0 Å². The average Bonchev–Trinajstić information content (AvgIpc) is 2.41. The van der Waals surface area contributed by atoms with Gasteiger partial charge in [-0.05, 0) is 36.5 Å². The van der Waals surface area contributed by atoms with E-state index in [1.54, 1.807) is 6.07 Å². The maximum atomic E-state index is 10.3. The summed E-state index contributed by atoms with van der Waals surface area (Å²) in [6.45, 7) is 0. The molecule has 0 amide bonds. The molecule has 0 unspecified atom stereocenters. The fraction of sp³-hybridized carbons (Fsp3) is 0.571. The minimum absolute atomic E-state index is 0.168. The van der Waals surface area contributed by atoms with Gasteiger partial charge in [0.1, 0.15) is 0 Å². The van der Waals surface area contributed by atoms with Crippen molar-refractivity contribution >= 4 is 0 Å². The van der Waals surface area contributed by atoms with Crippen molar-refractivity contribution in [3.8, 4) is 11.5 Å². The molecule has 0 saturated heterocycles. The van der Waals surface area contributed by atoms with Gasteiger partial charge in [-0.25, -0.2) is 0 Å². The van der Waals surface area contributed by atoms with Gasteiger partial charge in [0, 0.05) is 0 Å². The molecule has 1 saturated carbocycles. The lowest BCUT2D eigenvalue weighted by atomic mass is 9.81. The topological polar surface area (TPSA) is 86.7 Å². The van der Waals surface area contributed by atoms with Gasteiger partial charge in [0.2, 0.25) is 0 Å². The van der Waals surface area contributed by atoms with Crippen molar-refractivity contribution in [1.82, 2.24) is 0 Å². The summed E-state index contributed by atoms with van der Waals surface area (Å²) in [5, 5.41) is 29.0. The number of aliphatic hydroxyl groups excluding tert-OH is 1. The van der Waals surface area contributed by atoms with Crippen LogP contribution in [0.5, 0.6) is 11.5 Å². The van der Waals surface area contributed by atoms with Crippen LogP contribution in [0.2, 0.25) is 0 Å². The maximum absolute atomic E-state index is 10.3. The number of aliphatic hydroxyl groups is 1. The number of hydrogen-bond acceptors (Lipinski definition) is 4. The predicted octanol–water partition coefficient (Wildman–Crippen LogP) is 2.04. The summed E-state index contributed by atoms with van der Waals surface area (Å²) in [5.41, 5.74) is 6.70. The lowest BCUT2D eigenvalue weighted by molar-refractivity contribution is 0.0617. The van der Waals surface area contributed by atoms with Crippen LogP contribution in [-0.4, -0.2) is 21.4 Å². The molecular formula is C14H21NO3. The second-order valence-corrected chi connectivity index (χ2v) is 5.16. The highest BCUT2D eigenvalue weighted by Gasteiger charge is 2.27. The molecule has 100 valence electrons. The van der Waals surface area contributed by atoms with E-state index in [-0.39, 0.29) is 17.4 Å². The van der Waals surface area contributed by atoms with Gasteiger partial charge in [-0.2, -0.15) is 0 Å². The molecule has 1 aromatic carbocycles. The van der Waals surface area contributed by atoms with Gasteiger partial charge in [0.15, 0.2) is 11.5 Å². The first-order chi connectivity index (χ1) is 8.59. The van der Waals surface area contributed by atoms with Crippen LogP contribution in [0, 0.1) is 5.92 Å². The van der Waals surface area contributed by atoms with Gasteiger partial charge >= 0.3 is 0 Å². The molecule has 1 aliphatic rings. The Hall–Kier alpha value is -1.26. The molecule has 4 heteroatoms. The third kappa shape index (κ3) is 2.76. The quantitative estimate of drug-likeness (QED) is 0.619. The van der Waals surface area contributed by atoms with Crippen LogP contribution in [0.3, 0.4) is 0 Å². The van der Waals surface area contributed by atoms with Crippen LogP contribution in [0.4, 0.5) is 0 Å². The molecule has 1 fully saturated rings. The zero-order valence-corrected chi connectivity index (χ0v) is 10.4. The molecule has 0 radical (unpaired) electrons. The number of nitrogens with two attached hydrogens (primary N) is 1. The van der Waals surface area contributed by atoms with Crippen molar-refractivity contribution in [2.24, 2.45) is 11.7 Å². The Morgan fingerprint density at radius 2 is 1.72 bits per heavy atom. The van der Waals surface area contributed by atoms with Crippen molar-refractivity contribution in [3.63, 3.8) is 0 Å². The van der Waals surface area contributed by atoms with E-state index in [4.69, 9.17) is 5.73 Å². The number of hydrogen-bond donors (Lipinski definition) is 4.